The molecular weight excluding hydrogens is 360 g/mol. The maximum absolute atomic E-state index is 4.32. The summed E-state index contributed by atoms with van der Waals surface area (Å²) >= 11 is 0. The predicted octanol–water partition coefficient (Wildman–Crippen LogP) is 8.39. The van der Waals surface area contributed by atoms with E-state index in [4.69, 9.17) is 0 Å². The maximum atomic E-state index is 4.32. The molecule has 5 rings (SSSR count). The summed E-state index contributed by atoms with van der Waals surface area (Å²) in [4.78, 5) is 0. The second kappa shape index (κ2) is 9.05. The normalized spacial score (nSPS) is 37.1. The van der Waals surface area contributed by atoms with E-state index < -0.39 is 0 Å². The highest BCUT2D eigenvalue weighted by Gasteiger charge is 2.38. The molecule has 4 aliphatic carbocycles. The molecule has 0 heterocycles. The fourth-order valence-corrected chi connectivity index (χ4v) is 8.12. The van der Waals surface area contributed by atoms with Crippen LogP contribution in [0.2, 0.25) is 0 Å². The highest BCUT2D eigenvalue weighted by atomic mass is 14.4. The summed E-state index contributed by atoms with van der Waals surface area (Å²) < 4.78 is 0. The van der Waals surface area contributed by atoms with Crippen LogP contribution in [0.5, 0.6) is 0 Å². The second-order valence-corrected chi connectivity index (χ2v) is 11.7. The van der Waals surface area contributed by atoms with Gasteiger partial charge in [-0.05, 0) is 118 Å². The molecule has 0 spiro atoms. The van der Waals surface area contributed by atoms with Gasteiger partial charge in [0.15, 0.2) is 0 Å². The van der Waals surface area contributed by atoms with Crippen molar-refractivity contribution < 1.29 is 0 Å². The molecule has 4 unspecified atom stereocenters. The average Bonchev–Trinajstić information content (AvgIpc) is 3.28. The van der Waals surface area contributed by atoms with Gasteiger partial charge in [-0.15, -0.1) is 0 Å². The number of allylic oxidation sites excluding steroid dienone is 2. The lowest BCUT2D eigenvalue weighted by Gasteiger charge is -2.37. The Hall–Kier alpha value is -1.30. The minimum absolute atomic E-state index is 0.879. The molecule has 4 aliphatic rings. The van der Waals surface area contributed by atoms with E-state index in [-0.39, 0.29) is 0 Å². The quantitative estimate of drug-likeness (QED) is 0.419. The van der Waals surface area contributed by atoms with Crippen LogP contribution in [0.15, 0.2) is 54.6 Å². The smallest absolute Gasteiger partial charge is 0.0250 e. The van der Waals surface area contributed by atoms with Gasteiger partial charge in [0, 0.05) is 0 Å². The number of fused-ring (bicyclic) bond motifs is 2. The van der Waals surface area contributed by atoms with Gasteiger partial charge in [-0.3, -0.25) is 0 Å². The van der Waals surface area contributed by atoms with Crippen molar-refractivity contribution in [3.63, 3.8) is 0 Å². The van der Waals surface area contributed by atoms with Crippen molar-refractivity contribution in [1.82, 2.24) is 0 Å². The van der Waals surface area contributed by atoms with Gasteiger partial charge in [0.2, 0.25) is 0 Å². The topological polar surface area (TPSA) is 0 Å². The first-order valence-electron chi connectivity index (χ1n) is 13.0. The van der Waals surface area contributed by atoms with Crippen molar-refractivity contribution in [2.45, 2.75) is 83.5 Å². The Morgan fingerprint density at radius 3 is 1.70 bits per heavy atom. The summed E-state index contributed by atoms with van der Waals surface area (Å²) in [6.45, 7) is 8.65. The monoisotopic (exact) mass is 402 g/mol. The van der Waals surface area contributed by atoms with Crippen molar-refractivity contribution in [3.05, 3.63) is 60.2 Å². The Labute approximate surface area is 185 Å². The molecule has 0 saturated heterocycles. The Morgan fingerprint density at radius 1 is 0.667 bits per heavy atom. The zero-order valence-corrected chi connectivity index (χ0v) is 19.0. The van der Waals surface area contributed by atoms with E-state index in [0.29, 0.717) is 0 Å². The molecule has 4 saturated carbocycles. The summed E-state index contributed by atoms with van der Waals surface area (Å²) in [6, 6.07) is 11.4. The Balaban J connectivity index is 1.23. The van der Waals surface area contributed by atoms with E-state index in [9.17, 15) is 0 Å². The van der Waals surface area contributed by atoms with Gasteiger partial charge < -0.3 is 0 Å². The second-order valence-electron chi connectivity index (χ2n) is 11.7. The van der Waals surface area contributed by atoms with Gasteiger partial charge in [-0.1, -0.05) is 67.5 Å². The van der Waals surface area contributed by atoms with Crippen LogP contribution in [-0.2, 0) is 6.42 Å². The molecule has 0 nitrogen and oxygen atoms in total. The van der Waals surface area contributed by atoms with Crippen molar-refractivity contribution >= 4 is 0 Å². The lowest BCUT2D eigenvalue weighted by atomic mass is 9.69. The van der Waals surface area contributed by atoms with Crippen molar-refractivity contribution in [3.8, 4) is 0 Å². The number of hydrogen-bond donors (Lipinski definition) is 0. The third-order valence-corrected chi connectivity index (χ3v) is 9.40. The zero-order chi connectivity index (χ0) is 20.5. The lowest BCUT2D eigenvalue weighted by Crippen LogP contribution is -2.26. The molecule has 0 aromatic heterocycles. The average molecular weight is 403 g/mol. The predicted molar refractivity (Wildman–Crippen MR) is 128 cm³/mol. The Bertz CT molecular complexity index is 699. The molecule has 4 fully saturated rings. The minimum Gasteiger partial charge on any atom is -0.0998 e. The van der Waals surface area contributed by atoms with Gasteiger partial charge in [0.05, 0.1) is 0 Å². The largest absolute Gasteiger partial charge is 0.0998 e. The van der Waals surface area contributed by atoms with Crippen LogP contribution in [0.25, 0.3) is 0 Å². The molecule has 1 aromatic carbocycles. The summed E-state index contributed by atoms with van der Waals surface area (Å²) in [5.74, 6) is 6.70. The van der Waals surface area contributed by atoms with Gasteiger partial charge in [-0.25, -0.2) is 0 Å². The Morgan fingerprint density at radius 2 is 1.17 bits per heavy atom. The third kappa shape index (κ3) is 4.79. The fraction of sp³-hybridized carbons (Fsp3) is 0.667. The van der Waals surface area contributed by atoms with E-state index in [2.05, 4.69) is 43.5 Å². The zero-order valence-electron chi connectivity index (χ0n) is 19.0. The first-order chi connectivity index (χ1) is 14.6. The summed E-state index contributed by atoms with van der Waals surface area (Å²) in [5, 5.41) is 0. The van der Waals surface area contributed by atoms with Gasteiger partial charge in [0.25, 0.3) is 0 Å². The van der Waals surface area contributed by atoms with E-state index in [0.717, 1.165) is 41.4 Å². The molecule has 0 radical (unpaired) electrons. The molecule has 162 valence electrons. The van der Waals surface area contributed by atoms with Crippen molar-refractivity contribution in [2.24, 2.45) is 41.4 Å². The third-order valence-electron chi connectivity index (χ3n) is 9.40. The van der Waals surface area contributed by atoms with Gasteiger partial charge in [0.1, 0.15) is 0 Å². The fourth-order valence-electron chi connectivity index (χ4n) is 8.12. The van der Waals surface area contributed by atoms with Crippen LogP contribution < -0.4 is 0 Å². The number of benzene rings is 1. The van der Waals surface area contributed by atoms with E-state index in [1.807, 2.05) is 0 Å². The number of rotatable bonds is 6. The van der Waals surface area contributed by atoms with Crippen LogP contribution in [-0.4, -0.2) is 0 Å². The van der Waals surface area contributed by atoms with Crippen LogP contribution in [0.4, 0.5) is 0 Å². The van der Waals surface area contributed by atoms with Crippen LogP contribution in [0.3, 0.4) is 0 Å². The van der Waals surface area contributed by atoms with Crippen LogP contribution in [0.1, 0.15) is 82.6 Å². The SMILES string of the molecule is C=C1CC2CCC(CC(Cc3ccccc3)C[C@@H]3CCC4CC(=C)C[C@@H]4C3)C[C@H]2C1. The van der Waals surface area contributed by atoms with Gasteiger partial charge >= 0.3 is 0 Å². The molecule has 1 aromatic rings. The molecule has 0 bridgehead atoms. The van der Waals surface area contributed by atoms with E-state index in [1.54, 1.807) is 16.7 Å². The standard InChI is InChI=1S/C30H42/c1-21-12-27-10-8-24(19-29(27)14-21)17-26(16-23-6-4-3-5-7-23)18-25-9-11-28-13-22(2)15-30(28)20-25/h3-7,24-30H,1-2,8-20H2/t24-,25?,26?,27?,28?,29+,30+/m0/s1. The molecule has 30 heavy (non-hydrogen) atoms. The highest BCUT2D eigenvalue weighted by molar-refractivity contribution is 5.15. The summed E-state index contributed by atoms with van der Waals surface area (Å²) in [5.41, 5.74) is 4.65. The molecular formula is C30H42. The molecule has 0 amide bonds. The molecule has 7 atom stereocenters. The maximum Gasteiger partial charge on any atom is -0.0250 e. The molecule has 0 N–H and O–H groups in total. The van der Waals surface area contributed by atoms with Gasteiger partial charge in [-0.2, -0.15) is 0 Å². The first-order valence-corrected chi connectivity index (χ1v) is 13.0. The molecule has 0 heteroatoms. The minimum atomic E-state index is 0.879. The van der Waals surface area contributed by atoms with E-state index in [1.165, 1.54) is 83.5 Å². The lowest BCUT2D eigenvalue weighted by molar-refractivity contribution is 0.148. The highest BCUT2D eigenvalue weighted by Crippen LogP contribution is 2.50. The van der Waals surface area contributed by atoms with E-state index >= 15 is 0 Å². The van der Waals surface area contributed by atoms with Crippen molar-refractivity contribution in [1.29, 1.82) is 0 Å². The van der Waals surface area contributed by atoms with Crippen LogP contribution >= 0.6 is 0 Å². The number of hydrogen-bond acceptors (Lipinski definition) is 0. The van der Waals surface area contributed by atoms with Crippen molar-refractivity contribution in [2.75, 3.05) is 0 Å². The molecule has 0 aliphatic heterocycles. The first kappa shape index (κ1) is 20.6. The summed E-state index contributed by atoms with van der Waals surface area (Å²) in [6.07, 6.45) is 18.5. The van der Waals surface area contributed by atoms with Crippen LogP contribution in [0, 0.1) is 41.4 Å². The Kier molecular flexibility index (Phi) is 6.22. The summed E-state index contributed by atoms with van der Waals surface area (Å²) in [7, 11) is 0.